The zero-order chi connectivity index (χ0) is 12.3. The third-order valence-electron chi connectivity index (χ3n) is 1.92. The van der Waals surface area contributed by atoms with Gasteiger partial charge in [0.2, 0.25) is 5.91 Å². The molecule has 1 heterocycles. The van der Waals surface area contributed by atoms with Gasteiger partial charge in [0.15, 0.2) is 11.7 Å². The zero-order valence-corrected chi connectivity index (χ0v) is 9.46. The molecule has 0 saturated heterocycles. The molecular weight excluding hydrogens is 208 g/mol. The standard InChI is InChI=1S/C11H14N2O3/c1-11(2,3)10(16)13-9-5-8(15)4-7(6-14)12-9/h4-6H,1-3H3,(H2,12,13,15,16). The van der Waals surface area contributed by atoms with Gasteiger partial charge in [0, 0.05) is 17.5 Å². The number of rotatable bonds is 2. The predicted octanol–water partition coefficient (Wildman–Crippen LogP) is 1.17. The molecule has 1 aromatic heterocycles. The summed E-state index contributed by atoms with van der Waals surface area (Å²) in [5, 5.41) is 2.54. The summed E-state index contributed by atoms with van der Waals surface area (Å²) in [5.74, 6) is 0.000670. The van der Waals surface area contributed by atoms with Crippen LogP contribution >= 0.6 is 0 Å². The second kappa shape index (κ2) is 4.30. The molecule has 0 fully saturated rings. The van der Waals surface area contributed by atoms with Crippen molar-refractivity contribution in [3.63, 3.8) is 0 Å². The maximum Gasteiger partial charge on any atom is 0.230 e. The lowest BCUT2D eigenvalue weighted by Gasteiger charge is -2.17. The molecule has 0 radical (unpaired) electrons. The van der Waals surface area contributed by atoms with Crippen molar-refractivity contribution in [2.45, 2.75) is 20.8 Å². The van der Waals surface area contributed by atoms with E-state index in [2.05, 4.69) is 10.3 Å². The average molecular weight is 222 g/mol. The number of anilines is 1. The van der Waals surface area contributed by atoms with E-state index in [-0.39, 0.29) is 22.8 Å². The SMILES string of the molecule is CC(C)(C)C(=O)Nc1cc(=O)cc(C=O)[nH]1. The maximum atomic E-state index is 11.6. The van der Waals surface area contributed by atoms with Gasteiger partial charge in [-0.3, -0.25) is 14.4 Å². The van der Waals surface area contributed by atoms with Crippen LogP contribution in [-0.2, 0) is 4.79 Å². The number of aromatic amines is 1. The van der Waals surface area contributed by atoms with Crippen molar-refractivity contribution in [1.82, 2.24) is 4.98 Å². The van der Waals surface area contributed by atoms with Gasteiger partial charge >= 0.3 is 0 Å². The van der Waals surface area contributed by atoms with Crippen LogP contribution in [0, 0.1) is 5.41 Å². The summed E-state index contributed by atoms with van der Waals surface area (Å²) in [4.78, 5) is 35.9. The summed E-state index contributed by atoms with van der Waals surface area (Å²) >= 11 is 0. The first-order chi connectivity index (χ1) is 7.32. The fraction of sp³-hybridized carbons (Fsp3) is 0.364. The number of aromatic nitrogens is 1. The Labute approximate surface area is 92.9 Å². The highest BCUT2D eigenvalue weighted by atomic mass is 16.2. The summed E-state index contributed by atoms with van der Waals surface area (Å²) in [6.45, 7) is 5.26. The third kappa shape index (κ3) is 3.05. The second-order valence-electron chi connectivity index (χ2n) is 4.51. The Morgan fingerprint density at radius 2 is 2.00 bits per heavy atom. The van der Waals surface area contributed by atoms with Crippen LogP contribution in [0.15, 0.2) is 16.9 Å². The van der Waals surface area contributed by atoms with Crippen molar-refractivity contribution in [2.24, 2.45) is 5.41 Å². The molecule has 1 rings (SSSR count). The minimum atomic E-state index is -0.561. The highest BCUT2D eigenvalue weighted by Crippen LogP contribution is 2.15. The van der Waals surface area contributed by atoms with Crippen molar-refractivity contribution in [2.75, 3.05) is 5.32 Å². The Bertz CT molecular complexity index is 469. The van der Waals surface area contributed by atoms with E-state index in [1.807, 2.05) is 0 Å². The maximum absolute atomic E-state index is 11.6. The topological polar surface area (TPSA) is 79.0 Å². The molecule has 5 heteroatoms. The second-order valence-corrected chi connectivity index (χ2v) is 4.51. The molecule has 0 spiro atoms. The summed E-state index contributed by atoms with van der Waals surface area (Å²) in [5.41, 5.74) is -0.754. The first kappa shape index (κ1) is 12.2. The highest BCUT2D eigenvalue weighted by Gasteiger charge is 2.21. The molecule has 0 aliphatic rings. The normalized spacial score (nSPS) is 10.9. The molecule has 0 bridgehead atoms. The van der Waals surface area contributed by atoms with E-state index in [1.165, 1.54) is 12.1 Å². The van der Waals surface area contributed by atoms with Crippen LogP contribution in [0.5, 0.6) is 0 Å². The Morgan fingerprint density at radius 1 is 1.38 bits per heavy atom. The van der Waals surface area contributed by atoms with E-state index in [9.17, 15) is 14.4 Å². The summed E-state index contributed by atoms with van der Waals surface area (Å²) in [7, 11) is 0. The zero-order valence-electron chi connectivity index (χ0n) is 9.46. The molecule has 16 heavy (non-hydrogen) atoms. The first-order valence-corrected chi connectivity index (χ1v) is 4.84. The molecule has 0 aliphatic carbocycles. The number of nitrogens with one attached hydrogen (secondary N) is 2. The van der Waals surface area contributed by atoms with E-state index in [0.29, 0.717) is 6.29 Å². The fourth-order valence-electron chi connectivity index (χ4n) is 1.01. The molecule has 0 aromatic carbocycles. The molecular formula is C11H14N2O3. The summed E-state index contributed by atoms with van der Waals surface area (Å²) < 4.78 is 0. The number of amides is 1. The lowest BCUT2D eigenvalue weighted by Crippen LogP contribution is -2.28. The number of aldehydes is 1. The molecule has 1 amide bonds. The lowest BCUT2D eigenvalue weighted by atomic mass is 9.96. The monoisotopic (exact) mass is 222 g/mol. The summed E-state index contributed by atoms with van der Waals surface area (Å²) in [6.07, 6.45) is 0.522. The number of hydrogen-bond donors (Lipinski definition) is 2. The van der Waals surface area contributed by atoms with Crippen LogP contribution in [0.25, 0.3) is 0 Å². The van der Waals surface area contributed by atoms with Gasteiger partial charge in [-0.05, 0) is 0 Å². The number of pyridine rings is 1. The van der Waals surface area contributed by atoms with Gasteiger partial charge in [-0.1, -0.05) is 20.8 Å². The van der Waals surface area contributed by atoms with Gasteiger partial charge in [-0.25, -0.2) is 0 Å². The van der Waals surface area contributed by atoms with Crippen LogP contribution in [-0.4, -0.2) is 17.2 Å². The quantitative estimate of drug-likeness (QED) is 0.737. The third-order valence-corrected chi connectivity index (χ3v) is 1.92. The van der Waals surface area contributed by atoms with Crippen LogP contribution in [0.4, 0.5) is 5.82 Å². The molecule has 86 valence electrons. The van der Waals surface area contributed by atoms with Crippen molar-refractivity contribution < 1.29 is 9.59 Å². The minimum Gasteiger partial charge on any atom is -0.339 e. The Hall–Kier alpha value is -1.91. The lowest BCUT2D eigenvalue weighted by molar-refractivity contribution is -0.123. The Morgan fingerprint density at radius 3 is 2.50 bits per heavy atom. The van der Waals surface area contributed by atoms with Gasteiger partial charge < -0.3 is 10.3 Å². The number of carbonyl (C=O) groups excluding carboxylic acids is 2. The van der Waals surface area contributed by atoms with E-state index in [1.54, 1.807) is 20.8 Å². The van der Waals surface area contributed by atoms with Gasteiger partial charge in [0.25, 0.3) is 0 Å². The van der Waals surface area contributed by atoms with Crippen molar-refractivity contribution in [3.8, 4) is 0 Å². The van der Waals surface area contributed by atoms with Gasteiger partial charge in [-0.2, -0.15) is 0 Å². The molecule has 1 aromatic rings. The highest BCUT2D eigenvalue weighted by molar-refractivity contribution is 5.93. The molecule has 2 N–H and O–H groups in total. The van der Waals surface area contributed by atoms with E-state index in [0.717, 1.165) is 0 Å². The summed E-state index contributed by atoms with van der Waals surface area (Å²) in [6, 6.07) is 2.40. The molecule has 0 aliphatic heterocycles. The van der Waals surface area contributed by atoms with Crippen LogP contribution in [0.1, 0.15) is 31.3 Å². The smallest absolute Gasteiger partial charge is 0.230 e. The van der Waals surface area contributed by atoms with Crippen molar-refractivity contribution in [3.05, 3.63) is 28.0 Å². The molecule has 0 atom stereocenters. The van der Waals surface area contributed by atoms with Gasteiger partial charge in [0.1, 0.15) is 5.82 Å². The average Bonchev–Trinajstić information content (AvgIpc) is 2.15. The van der Waals surface area contributed by atoms with Crippen LogP contribution in [0.2, 0.25) is 0 Å². The Kier molecular flexibility index (Phi) is 3.27. The van der Waals surface area contributed by atoms with Crippen molar-refractivity contribution >= 4 is 18.0 Å². The molecule has 0 saturated carbocycles. The number of carbonyl (C=O) groups is 2. The predicted molar refractivity (Wildman–Crippen MR) is 60.5 cm³/mol. The van der Waals surface area contributed by atoms with Crippen LogP contribution in [0.3, 0.4) is 0 Å². The minimum absolute atomic E-state index is 0.136. The van der Waals surface area contributed by atoms with E-state index < -0.39 is 5.41 Å². The van der Waals surface area contributed by atoms with Gasteiger partial charge in [0.05, 0.1) is 5.69 Å². The number of hydrogen-bond acceptors (Lipinski definition) is 3. The van der Waals surface area contributed by atoms with Gasteiger partial charge in [-0.15, -0.1) is 0 Å². The molecule has 0 unspecified atom stereocenters. The largest absolute Gasteiger partial charge is 0.339 e. The van der Waals surface area contributed by atoms with E-state index >= 15 is 0 Å². The van der Waals surface area contributed by atoms with Crippen LogP contribution < -0.4 is 10.7 Å². The number of H-pyrrole nitrogens is 1. The Balaban J connectivity index is 2.98. The van der Waals surface area contributed by atoms with Crippen molar-refractivity contribution in [1.29, 1.82) is 0 Å². The van der Waals surface area contributed by atoms with E-state index in [4.69, 9.17) is 0 Å². The fourth-order valence-corrected chi connectivity index (χ4v) is 1.01. The molecule has 5 nitrogen and oxygen atoms in total. The first-order valence-electron chi connectivity index (χ1n) is 4.84.